The number of rotatable bonds is 5. The lowest BCUT2D eigenvalue weighted by atomic mass is 9.85. The van der Waals surface area contributed by atoms with Crippen molar-refractivity contribution >= 4 is 17.3 Å². The predicted octanol–water partition coefficient (Wildman–Crippen LogP) is 2.28. The number of nitrogens with zero attached hydrogens (tertiary/aromatic N) is 5. The Morgan fingerprint density at radius 2 is 1.94 bits per heavy atom. The minimum Gasteiger partial charge on any atom is -0.441 e. The zero-order valence-electron chi connectivity index (χ0n) is 20.6. The molecule has 1 N–H and O–H groups in total. The van der Waals surface area contributed by atoms with Crippen LogP contribution in [-0.2, 0) is 19.8 Å². The smallest absolute Gasteiger partial charge is 0.410 e. The molecule has 3 aliphatic rings. The molecule has 0 aromatic carbocycles. The molecule has 0 unspecified atom stereocenters. The minimum atomic E-state index is -0.267. The first-order chi connectivity index (χ1) is 17.6. The van der Waals surface area contributed by atoms with Crippen LogP contribution >= 0.6 is 0 Å². The predicted molar refractivity (Wildman–Crippen MR) is 134 cm³/mol. The molecular weight excluding hydrogens is 460 g/mol. The summed E-state index contributed by atoms with van der Waals surface area (Å²) in [7, 11) is 1.79. The van der Waals surface area contributed by atoms with Gasteiger partial charge in [-0.1, -0.05) is 6.07 Å². The van der Waals surface area contributed by atoms with E-state index in [9.17, 15) is 4.79 Å². The van der Waals surface area contributed by atoms with Crippen LogP contribution < -0.4 is 10.2 Å². The molecule has 0 spiro atoms. The van der Waals surface area contributed by atoms with E-state index in [1.165, 1.54) is 0 Å². The molecule has 0 aliphatic carbocycles. The molecule has 0 radical (unpaired) electrons. The average molecular weight is 493 g/mol. The number of carbonyl (C=O) groups is 1. The topological polar surface area (TPSA) is 93.5 Å². The van der Waals surface area contributed by atoms with Crippen LogP contribution in [0.1, 0.15) is 18.4 Å². The summed E-state index contributed by atoms with van der Waals surface area (Å²) in [5.74, 6) is 0. The monoisotopic (exact) mass is 492 g/mol. The first kappa shape index (κ1) is 23.2. The molecule has 3 aromatic rings. The number of ether oxygens (including phenoxy) is 3. The van der Waals surface area contributed by atoms with Crippen LogP contribution in [0.3, 0.4) is 0 Å². The van der Waals surface area contributed by atoms with Gasteiger partial charge in [-0.05, 0) is 44.1 Å². The summed E-state index contributed by atoms with van der Waals surface area (Å²) in [5, 5.41) is 7.93. The van der Waals surface area contributed by atoms with E-state index in [4.69, 9.17) is 19.2 Å². The maximum atomic E-state index is 12.4. The number of methoxy groups -OCH3 is 1. The number of piperidine rings is 1. The number of anilines is 1. The fraction of sp³-hybridized carbons (Fsp3) is 0.500. The van der Waals surface area contributed by atoms with E-state index < -0.39 is 0 Å². The Morgan fingerprint density at radius 3 is 2.61 bits per heavy atom. The van der Waals surface area contributed by atoms with Crippen molar-refractivity contribution in [3.05, 3.63) is 48.4 Å². The number of nitrogens with one attached hydrogen (secondary N) is 1. The number of hydrogen-bond donors (Lipinski definition) is 1. The Kier molecular flexibility index (Phi) is 6.24. The molecule has 0 atom stereocenters. The van der Waals surface area contributed by atoms with Crippen molar-refractivity contribution in [2.45, 2.75) is 24.5 Å². The second kappa shape index (κ2) is 9.68. The molecular formula is C26H32N6O4. The molecule has 6 rings (SSSR count). The van der Waals surface area contributed by atoms with Crippen LogP contribution in [0.15, 0.2) is 42.9 Å². The van der Waals surface area contributed by atoms with Crippen LogP contribution in [-0.4, -0.2) is 91.3 Å². The van der Waals surface area contributed by atoms with Gasteiger partial charge in [-0.3, -0.25) is 4.98 Å². The summed E-state index contributed by atoms with van der Waals surface area (Å²) in [6.07, 6.45) is 7.32. The zero-order valence-corrected chi connectivity index (χ0v) is 20.6. The largest absolute Gasteiger partial charge is 0.441 e. The maximum Gasteiger partial charge on any atom is 0.410 e. The van der Waals surface area contributed by atoms with E-state index in [0.717, 1.165) is 67.0 Å². The molecule has 3 saturated heterocycles. The number of pyridine rings is 1. The van der Waals surface area contributed by atoms with Gasteiger partial charge >= 0.3 is 6.09 Å². The van der Waals surface area contributed by atoms with Gasteiger partial charge in [0.1, 0.15) is 0 Å². The second-order valence-corrected chi connectivity index (χ2v) is 9.67. The molecule has 0 saturated carbocycles. The van der Waals surface area contributed by atoms with Crippen LogP contribution in [0.5, 0.6) is 0 Å². The molecule has 0 bridgehead atoms. The summed E-state index contributed by atoms with van der Waals surface area (Å²) in [6, 6.07) is 8.39. The third-order valence-electron chi connectivity index (χ3n) is 7.63. The fourth-order valence-electron chi connectivity index (χ4n) is 5.31. The fourth-order valence-corrected chi connectivity index (χ4v) is 5.31. The van der Waals surface area contributed by atoms with Crippen LogP contribution in [0, 0.1) is 0 Å². The summed E-state index contributed by atoms with van der Waals surface area (Å²) in [5.41, 5.74) is 4.90. The van der Waals surface area contributed by atoms with Gasteiger partial charge in [0.05, 0.1) is 35.7 Å². The van der Waals surface area contributed by atoms with Crippen molar-refractivity contribution in [2.24, 2.45) is 0 Å². The molecule has 3 aliphatic heterocycles. The zero-order chi connectivity index (χ0) is 24.5. The first-order valence-electron chi connectivity index (χ1n) is 12.6. The standard InChI is InChI=1S/C26H32N6O4/c1-34-26(5-8-27-9-6-26)20-2-3-22(28-15-20)19-14-24-23(4-7-29-32(24)16-19)30-10-12-31(13-11-30)25(33)36-21-17-35-18-21/h2-4,7,14-16,21,27H,5-6,8-13,17-18H2,1H3. The summed E-state index contributed by atoms with van der Waals surface area (Å²) < 4.78 is 18.4. The molecule has 36 heavy (non-hydrogen) atoms. The van der Waals surface area contributed by atoms with Gasteiger partial charge in [-0.15, -0.1) is 0 Å². The van der Waals surface area contributed by atoms with Crippen molar-refractivity contribution in [3.8, 4) is 11.3 Å². The lowest BCUT2D eigenvalue weighted by molar-refractivity contribution is -0.104. The van der Waals surface area contributed by atoms with Gasteiger partial charge in [-0.25, -0.2) is 9.31 Å². The first-order valence-corrected chi connectivity index (χ1v) is 12.6. The lowest BCUT2D eigenvalue weighted by Gasteiger charge is -2.37. The highest BCUT2D eigenvalue weighted by Crippen LogP contribution is 2.35. The maximum absolute atomic E-state index is 12.4. The molecule has 10 nitrogen and oxygen atoms in total. The van der Waals surface area contributed by atoms with Gasteiger partial charge < -0.3 is 29.3 Å². The number of carbonyl (C=O) groups excluding carboxylic acids is 1. The SMILES string of the molecule is COC1(c2ccc(-c3cc4c(N5CCN(C(=O)OC6COC6)CC5)ccnn4c3)nc2)CCNCC1. The van der Waals surface area contributed by atoms with Crippen LogP contribution in [0.2, 0.25) is 0 Å². The molecule has 190 valence electrons. The van der Waals surface area contributed by atoms with Gasteiger partial charge in [0.25, 0.3) is 0 Å². The van der Waals surface area contributed by atoms with Gasteiger partial charge in [0.15, 0.2) is 6.10 Å². The van der Waals surface area contributed by atoms with E-state index in [-0.39, 0.29) is 17.8 Å². The van der Waals surface area contributed by atoms with Crippen LogP contribution in [0.4, 0.5) is 10.5 Å². The number of aromatic nitrogens is 3. The molecule has 1 amide bonds. The van der Waals surface area contributed by atoms with E-state index in [1.807, 2.05) is 29.2 Å². The van der Waals surface area contributed by atoms with E-state index >= 15 is 0 Å². The lowest BCUT2D eigenvalue weighted by Crippen LogP contribution is -2.51. The number of hydrogen-bond acceptors (Lipinski definition) is 8. The van der Waals surface area contributed by atoms with Crippen molar-refractivity contribution in [1.82, 2.24) is 24.8 Å². The number of fused-ring (bicyclic) bond motifs is 1. The van der Waals surface area contributed by atoms with Crippen molar-refractivity contribution < 1.29 is 19.0 Å². The summed E-state index contributed by atoms with van der Waals surface area (Å²) >= 11 is 0. The molecule has 10 heteroatoms. The van der Waals surface area contributed by atoms with Crippen molar-refractivity contribution in [2.75, 3.05) is 64.5 Å². The molecule has 3 aromatic heterocycles. The highest BCUT2D eigenvalue weighted by atomic mass is 16.6. The Balaban J connectivity index is 1.18. The van der Waals surface area contributed by atoms with Crippen LogP contribution in [0.25, 0.3) is 16.8 Å². The van der Waals surface area contributed by atoms with Crippen molar-refractivity contribution in [3.63, 3.8) is 0 Å². The van der Waals surface area contributed by atoms with Gasteiger partial charge in [-0.2, -0.15) is 5.10 Å². The third-order valence-corrected chi connectivity index (χ3v) is 7.63. The Labute approximate surface area is 210 Å². The van der Waals surface area contributed by atoms with Crippen molar-refractivity contribution in [1.29, 1.82) is 0 Å². The van der Waals surface area contributed by atoms with Gasteiger partial charge in [0.2, 0.25) is 0 Å². The third kappa shape index (κ3) is 4.29. The highest BCUT2D eigenvalue weighted by molar-refractivity contribution is 5.79. The number of piperazine rings is 1. The normalized spacial score (nSPS) is 20.4. The Hall–Kier alpha value is -3.21. The Morgan fingerprint density at radius 1 is 1.14 bits per heavy atom. The minimum absolute atomic E-state index is 0.100. The summed E-state index contributed by atoms with van der Waals surface area (Å²) in [4.78, 5) is 21.2. The second-order valence-electron chi connectivity index (χ2n) is 9.67. The quantitative estimate of drug-likeness (QED) is 0.580. The van der Waals surface area contributed by atoms with E-state index in [0.29, 0.717) is 26.3 Å². The summed E-state index contributed by atoms with van der Waals surface area (Å²) in [6.45, 7) is 5.59. The average Bonchev–Trinajstić information content (AvgIpc) is 3.36. The highest BCUT2D eigenvalue weighted by Gasteiger charge is 2.34. The molecule has 3 fully saturated rings. The van der Waals surface area contributed by atoms with Gasteiger partial charge in [0, 0.05) is 63.0 Å². The van der Waals surface area contributed by atoms with E-state index in [2.05, 4.69) is 33.5 Å². The number of amides is 1. The molecule has 6 heterocycles. The Bertz CT molecular complexity index is 1210. The van der Waals surface area contributed by atoms with E-state index in [1.54, 1.807) is 12.0 Å².